The van der Waals surface area contributed by atoms with E-state index in [0.29, 0.717) is 13.2 Å². The van der Waals surface area contributed by atoms with Gasteiger partial charge in [0.25, 0.3) is 0 Å². The van der Waals surface area contributed by atoms with Gasteiger partial charge < -0.3 is 14.5 Å². The second-order valence-corrected chi connectivity index (χ2v) is 7.69. The lowest BCUT2D eigenvalue weighted by molar-refractivity contribution is -0.119. The lowest BCUT2D eigenvalue weighted by atomic mass is 10.1. The molecule has 0 atom stereocenters. The molecule has 1 aliphatic rings. The highest BCUT2D eigenvalue weighted by Crippen LogP contribution is 2.33. The zero-order valence-electron chi connectivity index (χ0n) is 17.3. The summed E-state index contributed by atoms with van der Waals surface area (Å²) < 4.78 is 7.44. The van der Waals surface area contributed by atoms with Gasteiger partial charge in [0.2, 0.25) is 5.91 Å². The molecule has 6 nitrogen and oxygen atoms in total. The summed E-state index contributed by atoms with van der Waals surface area (Å²) in [4.78, 5) is 16.9. The van der Waals surface area contributed by atoms with Crippen molar-refractivity contribution in [3.8, 4) is 16.9 Å². The Hall–Kier alpha value is -3.28. The number of anilines is 2. The lowest BCUT2D eigenvalue weighted by Crippen LogP contribution is -2.40. The summed E-state index contributed by atoms with van der Waals surface area (Å²) in [7, 11) is 3.93. The Morgan fingerprint density at radius 2 is 1.83 bits per heavy atom. The maximum atomic E-state index is 13.1. The van der Waals surface area contributed by atoms with Crippen LogP contribution in [0.25, 0.3) is 11.1 Å². The minimum absolute atomic E-state index is 0.00316. The molecule has 0 unspecified atom stereocenters. The number of ether oxygens (including phenoxy) is 1. The van der Waals surface area contributed by atoms with E-state index in [9.17, 15) is 4.79 Å². The van der Waals surface area contributed by atoms with Gasteiger partial charge in [0.05, 0.1) is 12.2 Å². The van der Waals surface area contributed by atoms with E-state index in [4.69, 9.17) is 4.74 Å². The monoisotopic (exact) mass is 390 g/mol. The Morgan fingerprint density at radius 1 is 1.10 bits per heavy atom. The van der Waals surface area contributed by atoms with Crippen molar-refractivity contribution in [2.45, 2.75) is 20.4 Å². The predicted molar refractivity (Wildman–Crippen MR) is 116 cm³/mol. The molecule has 0 bridgehead atoms. The van der Waals surface area contributed by atoms with Crippen LogP contribution in [-0.2, 0) is 11.3 Å². The van der Waals surface area contributed by atoms with Gasteiger partial charge in [-0.2, -0.15) is 5.10 Å². The normalized spacial score (nSPS) is 13.0. The Morgan fingerprint density at radius 3 is 2.55 bits per heavy atom. The molecule has 29 heavy (non-hydrogen) atoms. The summed E-state index contributed by atoms with van der Waals surface area (Å²) in [6.07, 6.45) is 1.95. The first-order valence-corrected chi connectivity index (χ1v) is 9.78. The third kappa shape index (κ3) is 3.83. The maximum Gasteiger partial charge on any atom is 0.248 e. The molecule has 150 valence electrons. The second kappa shape index (κ2) is 7.62. The molecule has 0 radical (unpaired) electrons. The van der Waals surface area contributed by atoms with Gasteiger partial charge in [-0.1, -0.05) is 35.9 Å². The van der Waals surface area contributed by atoms with E-state index >= 15 is 0 Å². The van der Waals surface area contributed by atoms with E-state index in [1.54, 1.807) is 9.58 Å². The van der Waals surface area contributed by atoms with Crippen LogP contribution in [0, 0.1) is 13.8 Å². The van der Waals surface area contributed by atoms with Crippen molar-refractivity contribution >= 4 is 17.4 Å². The van der Waals surface area contributed by atoms with Gasteiger partial charge in [-0.25, -0.2) is 0 Å². The smallest absolute Gasteiger partial charge is 0.248 e. The molecule has 0 fully saturated rings. The van der Waals surface area contributed by atoms with Crippen LogP contribution < -0.4 is 14.5 Å². The Bertz CT molecular complexity index is 1040. The fourth-order valence-corrected chi connectivity index (χ4v) is 3.57. The third-order valence-electron chi connectivity index (χ3n) is 5.10. The summed E-state index contributed by atoms with van der Waals surface area (Å²) in [5, 5.41) is 4.68. The number of aryl methyl sites for hydroxylation is 2. The molecule has 2 aromatic carbocycles. The highest BCUT2D eigenvalue weighted by molar-refractivity contribution is 5.95. The first-order valence-electron chi connectivity index (χ1n) is 9.78. The van der Waals surface area contributed by atoms with Crippen molar-refractivity contribution in [1.82, 2.24) is 9.78 Å². The topological polar surface area (TPSA) is 50.6 Å². The minimum Gasteiger partial charge on any atom is -0.490 e. The number of nitrogens with zero attached hydrogens (tertiary/aromatic N) is 4. The molecule has 0 saturated carbocycles. The Labute approximate surface area is 171 Å². The van der Waals surface area contributed by atoms with E-state index in [2.05, 4.69) is 36.3 Å². The molecule has 4 rings (SSSR count). The molecular formula is C23H26N4O2. The Kier molecular flexibility index (Phi) is 5.01. The molecule has 0 saturated heterocycles. The molecule has 3 aromatic rings. The van der Waals surface area contributed by atoms with Crippen molar-refractivity contribution in [2.75, 3.05) is 37.0 Å². The van der Waals surface area contributed by atoms with Crippen molar-refractivity contribution in [3.63, 3.8) is 0 Å². The number of hydrogen-bond acceptors (Lipinski definition) is 4. The number of rotatable bonds is 4. The number of carbonyl (C=O) groups is 1. The first-order chi connectivity index (χ1) is 13.9. The van der Waals surface area contributed by atoms with Crippen molar-refractivity contribution in [1.29, 1.82) is 0 Å². The van der Waals surface area contributed by atoms with Crippen LogP contribution in [0.3, 0.4) is 0 Å². The highest BCUT2D eigenvalue weighted by Gasteiger charge is 2.25. The highest BCUT2D eigenvalue weighted by atomic mass is 16.5. The number of carbonyl (C=O) groups excluding carboxylic acids is 1. The molecule has 0 aliphatic carbocycles. The average molecular weight is 390 g/mol. The molecule has 0 spiro atoms. The van der Waals surface area contributed by atoms with E-state index in [-0.39, 0.29) is 12.5 Å². The second-order valence-electron chi connectivity index (χ2n) is 7.69. The van der Waals surface area contributed by atoms with Gasteiger partial charge in [0, 0.05) is 25.9 Å². The van der Waals surface area contributed by atoms with Crippen LogP contribution in [-0.4, -0.2) is 42.9 Å². The average Bonchev–Trinajstić information content (AvgIpc) is 3.12. The van der Waals surface area contributed by atoms with Crippen molar-refractivity contribution < 1.29 is 9.53 Å². The van der Waals surface area contributed by atoms with Crippen molar-refractivity contribution in [3.05, 3.63) is 59.8 Å². The molecular weight excluding hydrogens is 364 g/mol. The molecule has 2 heterocycles. The summed E-state index contributed by atoms with van der Waals surface area (Å²) in [6, 6.07) is 14.3. The molecule has 1 aliphatic heterocycles. The molecule has 0 N–H and O–H groups in total. The van der Waals surface area contributed by atoms with Gasteiger partial charge in [-0.15, -0.1) is 0 Å². The third-order valence-corrected chi connectivity index (χ3v) is 5.10. The number of amides is 1. The first kappa shape index (κ1) is 19.1. The van der Waals surface area contributed by atoms with E-state index < -0.39 is 0 Å². The summed E-state index contributed by atoms with van der Waals surface area (Å²) in [5.41, 5.74) is 5.25. The van der Waals surface area contributed by atoms with Gasteiger partial charge >= 0.3 is 0 Å². The number of hydrogen-bond donors (Lipinski definition) is 0. The molecule has 1 aromatic heterocycles. The lowest BCUT2D eigenvalue weighted by Gasteiger charge is -2.29. The maximum absolute atomic E-state index is 13.1. The van der Waals surface area contributed by atoms with Crippen LogP contribution in [0.4, 0.5) is 11.5 Å². The van der Waals surface area contributed by atoms with Crippen LogP contribution in [0.5, 0.6) is 5.75 Å². The quantitative estimate of drug-likeness (QED) is 0.682. The number of aromatic nitrogens is 2. The van der Waals surface area contributed by atoms with Crippen molar-refractivity contribution in [2.24, 2.45) is 0 Å². The SMILES string of the molecule is Cc1ccc(-c2cn(CC(=O)N3CCOc4ccc(C)cc43)nc2N(C)C)cc1. The fraction of sp³-hybridized carbons (Fsp3) is 0.304. The minimum atomic E-state index is 0.00316. The van der Waals surface area contributed by atoms with Gasteiger partial charge in [0.15, 0.2) is 5.82 Å². The number of benzene rings is 2. The van der Waals surface area contributed by atoms with E-state index in [1.165, 1.54) is 5.56 Å². The largest absolute Gasteiger partial charge is 0.490 e. The Balaban J connectivity index is 1.62. The summed E-state index contributed by atoms with van der Waals surface area (Å²) in [6.45, 7) is 5.31. The van der Waals surface area contributed by atoms with Gasteiger partial charge in [-0.05, 0) is 37.1 Å². The molecule has 6 heteroatoms. The number of fused-ring (bicyclic) bond motifs is 1. The predicted octanol–water partition coefficient (Wildman–Crippen LogP) is 3.66. The van der Waals surface area contributed by atoms with Gasteiger partial charge in [-0.3, -0.25) is 9.48 Å². The fourth-order valence-electron chi connectivity index (χ4n) is 3.57. The summed E-state index contributed by atoms with van der Waals surface area (Å²) in [5.74, 6) is 1.60. The standard InChI is InChI=1S/C23H26N4O2/c1-16-5-8-18(9-6-16)19-14-26(24-23(19)25(3)4)15-22(28)27-11-12-29-21-10-7-17(2)13-20(21)27/h5-10,13-14H,11-12,15H2,1-4H3. The van der Waals surface area contributed by atoms with Crippen LogP contribution in [0.2, 0.25) is 0 Å². The zero-order chi connectivity index (χ0) is 20.5. The van der Waals surface area contributed by atoms with E-state index in [0.717, 1.165) is 33.9 Å². The molecule has 1 amide bonds. The van der Waals surface area contributed by atoms with Crippen LogP contribution in [0.1, 0.15) is 11.1 Å². The van der Waals surface area contributed by atoms with Crippen LogP contribution in [0.15, 0.2) is 48.7 Å². The summed E-state index contributed by atoms with van der Waals surface area (Å²) >= 11 is 0. The van der Waals surface area contributed by atoms with Gasteiger partial charge in [0.1, 0.15) is 18.9 Å². The van der Waals surface area contributed by atoms with Crippen LogP contribution >= 0.6 is 0 Å². The van der Waals surface area contributed by atoms with E-state index in [1.807, 2.05) is 50.3 Å². The zero-order valence-corrected chi connectivity index (χ0v) is 17.3.